The summed E-state index contributed by atoms with van der Waals surface area (Å²) in [5, 5.41) is 9.63. The third-order valence-corrected chi connectivity index (χ3v) is 3.99. The number of carbonyl (C=O) groups excluding carboxylic acids is 1. The molecule has 1 atom stereocenters. The molecule has 1 aliphatic heterocycles. The van der Waals surface area contributed by atoms with Crippen LogP contribution in [0.25, 0.3) is 0 Å². The van der Waals surface area contributed by atoms with Crippen LogP contribution < -0.4 is 0 Å². The standard InChI is InChI=1S/C16H19NO2/c1-13(18)16(12-17,15-5-3-2-4-6-15)11-14-7-9-19-10-8-14/h2-6,14H,7-11H2,1H3. The molecule has 1 heterocycles. The number of benzene rings is 1. The third kappa shape index (κ3) is 2.85. The Bertz CT molecular complexity index is 471. The predicted octanol–water partition coefficient (Wildman–Crippen LogP) is 2.85. The summed E-state index contributed by atoms with van der Waals surface area (Å²) >= 11 is 0. The number of nitrogens with zero attached hydrogens (tertiary/aromatic N) is 1. The minimum absolute atomic E-state index is 0.0623. The smallest absolute Gasteiger partial charge is 0.154 e. The highest BCUT2D eigenvalue weighted by Crippen LogP contribution is 2.35. The van der Waals surface area contributed by atoms with Gasteiger partial charge in [-0.05, 0) is 37.7 Å². The molecule has 0 N–H and O–H groups in total. The Kier molecular flexibility index (Phi) is 4.34. The number of nitriles is 1. The Labute approximate surface area is 114 Å². The molecule has 100 valence electrons. The number of ether oxygens (including phenoxy) is 1. The maximum atomic E-state index is 12.1. The minimum Gasteiger partial charge on any atom is -0.381 e. The average Bonchev–Trinajstić information content (AvgIpc) is 2.46. The Morgan fingerprint density at radius 2 is 2.00 bits per heavy atom. The first-order valence-corrected chi connectivity index (χ1v) is 6.74. The van der Waals surface area contributed by atoms with Gasteiger partial charge in [-0.25, -0.2) is 0 Å². The number of carbonyl (C=O) groups is 1. The van der Waals surface area contributed by atoms with Crippen molar-refractivity contribution in [1.29, 1.82) is 5.26 Å². The molecule has 1 aromatic rings. The molecule has 19 heavy (non-hydrogen) atoms. The second-order valence-corrected chi connectivity index (χ2v) is 5.20. The lowest BCUT2D eigenvalue weighted by Gasteiger charge is -2.31. The summed E-state index contributed by atoms with van der Waals surface area (Å²) < 4.78 is 5.35. The fraction of sp³-hybridized carbons (Fsp3) is 0.500. The molecule has 1 unspecified atom stereocenters. The van der Waals surface area contributed by atoms with Crippen LogP contribution in [-0.2, 0) is 14.9 Å². The van der Waals surface area contributed by atoms with Crippen LogP contribution in [-0.4, -0.2) is 19.0 Å². The van der Waals surface area contributed by atoms with E-state index < -0.39 is 5.41 Å². The second kappa shape index (κ2) is 5.99. The van der Waals surface area contributed by atoms with Crippen molar-refractivity contribution < 1.29 is 9.53 Å². The van der Waals surface area contributed by atoms with E-state index in [0.29, 0.717) is 12.3 Å². The molecule has 1 aromatic carbocycles. The average molecular weight is 257 g/mol. The van der Waals surface area contributed by atoms with Crippen LogP contribution in [0.1, 0.15) is 31.7 Å². The number of Topliss-reactive ketones (excluding diaryl/α,β-unsaturated/α-hetero) is 1. The molecular weight excluding hydrogens is 238 g/mol. The topological polar surface area (TPSA) is 50.1 Å². The van der Waals surface area contributed by atoms with Crippen molar-refractivity contribution in [3.8, 4) is 6.07 Å². The van der Waals surface area contributed by atoms with Gasteiger partial charge in [0.15, 0.2) is 5.78 Å². The summed E-state index contributed by atoms with van der Waals surface area (Å²) in [4.78, 5) is 12.1. The summed E-state index contributed by atoms with van der Waals surface area (Å²) in [6, 6.07) is 11.7. The van der Waals surface area contributed by atoms with Crippen LogP contribution in [0.2, 0.25) is 0 Å². The fourth-order valence-corrected chi connectivity index (χ4v) is 2.76. The summed E-state index contributed by atoms with van der Waals surface area (Å²) in [6.07, 6.45) is 2.47. The monoisotopic (exact) mass is 257 g/mol. The number of ketones is 1. The van der Waals surface area contributed by atoms with Crippen molar-refractivity contribution >= 4 is 5.78 Å². The van der Waals surface area contributed by atoms with Crippen LogP contribution in [0.3, 0.4) is 0 Å². The molecule has 0 aromatic heterocycles. The van der Waals surface area contributed by atoms with Gasteiger partial charge in [0.25, 0.3) is 0 Å². The van der Waals surface area contributed by atoms with Crippen LogP contribution in [0.4, 0.5) is 0 Å². The maximum absolute atomic E-state index is 12.1. The first-order chi connectivity index (χ1) is 9.19. The molecule has 3 heteroatoms. The van der Waals surface area contributed by atoms with E-state index in [1.807, 2.05) is 30.3 Å². The zero-order chi connectivity index (χ0) is 13.7. The molecule has 0 saturated carbocycles. The van der Waals surface area contributed by atoms with Gasteiger partial charge in [0.2, 0.25) is 0 Å². The Balaban J connectivity index is 2.30. The molecule has 1 aliphatic rings. The van der Waals surface area contributed by atoms with Gasteiger partial charge >= 0.3 is 0 Å². The van der Waals surface area contributed by atoms with Gasteiger partial charge in [0, 0.05) is 13.2 Å². The fourth-order valence-electron chi connectivity index (χ4n) is 2.76. The number of hydrogen-bond acceptors (Lipinski definition) is 3. The summed E-state index contributed by atoms with van der Waals surface area (Å²) in [7, 11) is 0. The minimum atomic E-state index is -0.997. The second-order valence-electron chi connectivity index (χ2n) is 5.20. The maximum Gasteiger partial charge on any atom is 0.154 e. The molecule has 0 spiro atoms. The molecule has 0 radical (unpaired) electrons. The van der Waals surface area contributed by atoms with E-state index in [1.54, 1.807) is 0 Å². The van der Waals surface area contributed by atoms with E-state index in [4.69, 9.17) is 4.74 Å². The zero-order valence-electron chi connectivity index (χ0n) is 11.3. The summed E-state index contributed by atoms with van der Waals surface area (Å²) in [5.74, 6) is 0.324. The predicted molar refractivity (Wildman–Crippen MR) is 72.6 cm³/mol. The van der Waals surface area contributed by atoms with Crippen molar-refractivity contribution in [2.45, 2.75) is 31.6 Å². The highest BCUT2D eigenvalue weighted by Gasteiger charge is 2.40. The van der Waals surface area contributed by atoms with Gasteiger partial charge < -0.3 is 4.74 Å². The van der Waals surface area contributed by atoms with Gasteiger partial charge in [-0.1, -0.05) is 30.3 Å². The van der Waals surface area contributed by atoms with Gasteiger partial charge in [0.05, 0.1) is 6.07 Å². The van der Waals surface area contributed by atoms with Crippen molar-refractivity contribution in [3.63, 3.8) is 0 Å². The lowest BCUT2D eigenvalue weighted by atomic mass is 9.71. The van der Waals surface area contributed by atoms with Crippen LogP contribution in [0.15, 0.2) is 30.3 Å². The summed E-state index contributed by atoms with van der Waals surface area (Å²) in [6.45, 7) is 2.99. The normalized spacial score (nSPS) is 19.4. The van der Waals surface area contributed by atoms with E-state index >= 15 is 0 Å². The molecular formula is C16H19NO2. The van der Waals surface area contributed by atoms with Crippen molar-refractivity contribution in [2.24, 2.45) is 5.92 Å². The van der Waals surface area contributed by atoms with E-state index in [0.717, 1.165) is 31.6 Å². The number of rotatable bonds is 4. The van der Waals surface area contributed by atoms with E-state index in [2.05, 4.69) is 6.07 Å². The van der Waals surface area contributed by atoms with Crippen LogP contribution >= 0.6 is 0 Å². The SMILES string of the molecule is CC(=O)C(C#N)(CC1CCOCC1)c1ccccc1. The Morgan fingerprint density at radius 3 is 2.53 bits per heavy atom. The molecule has 0 amide bonds. The van der Waals surface area contributed by atoms with Crippen LogP contribution in [0, 0.1) is 17.2 Å². The Morgan fingerprint density at radius 1 is 1.37 bits per heavy atom. The molecule has 1 saturated heterocycles. The quantitative estimate of drug-likeness (QED) is 0.833. The van der Waals surface area contributed by atoms with E-state index in [-0.39, 0.29) is 5.78 Å². The molecule has 0 bridgehead atoms. The van der Waals surface area contributed by atoms with Crippen molar-refractivity contribution in [1.82, 2.24) is 0 Å². The van der Waals surface area contributed by atoms with Gasteiger partial charge in [-0.2, -0.15) is 5.26 Å². The van der Waals surface area contributed by atoms with E-state index in [9.17, 15) is 10.1 Å². The van der Waals surface area contributed by atoms with Gasteiger partial charge in [-0.15, -0.1) is 0 Å². The zero-order valence-corrected chi connectivity index (χ0v) is 11.3. The molecule has 0 aliphatic carbocycles. The lowest BCUT2D eigenvalue weighted by Crippen LogP contribution is -2.36. The Hall–Kier alpha value is -1.66. The van der Waals surface area contributed by atoms with E-state index in [1.165, 1.54) is 6.92 Å². The summed E-state index contributed by atoms with van der Waals surface area (Å²) in [5.41, 5.74) is -0.181. The van der Waals surface area contributed by atoms with Gasteiger partial charge in [-0.3, -0.25) is 4.79 Å². The number of hydrogen-bond donors (Lipinski definition) is 0. The van der Waals surface area contributed by atoms with Crippen molar-refractivity contribution in [2.75, 3.05) is 13.2 Å². The van der Waals surface area contributed by atoms with Crippen LogP contribution in [0.5, 0.6) is 0 Å². The lowest BCUT2D eigenvalue weighted by molar-refractivity contribution is -0.121. The largest absolute Gasteiger partial charge is 0.381 e. The van der Waals surface area contributed by atoms with Crippen molar-refractivity contribution in [3.05, 3.63) is 35.9 Å². The third-order valence-electron chi connectivity index (χ3n) is 3.99. The first-order valence-electron chi connectivity index (χ1n) is 6.74. The first kappa shape index (κ1) is 13.8. The van der Waals surface area contributed by atoms with Gasteiger partial charge in [0.1, 0.15) is 5.41 Å². The highest BCUT2D eigenvalue weighted by atomic mass is 16.5. The highest BCUT2D eigenvalue weighted by molar-refractivity contribution is 5.91. The molecule has 3 nitrogen and oxygen atoms in total. The molecule has 1 fully saturated rings. The molecule has 2 rings (SSSR count).